The number of nitrogens with zero attached hydrogens (tertiary/aromatic N) is 1. The largest absolute Gasteiger partial charge is 0.469 e. The average Bonchev–Trinajstić information content (AvgIpc) is 2.72. The number of methoxy groups -OCH3 is 1. The van der Waals surface area contributed by atoms with Crippen LogP contribution in [0.2, 0.25) is 0 Å². The van der Waals surface area contributed by atoms with Gasteiger partial charge in [0.15, 0.2) is 0 Å². The molecule has 3 heteroatoms. The van der Waals surface area contributed by atoms with E-state index < -0.39 is 0 Å². The maximum atomic E-state index is 12.6. The van der Waals surface area contributed by atoms with Gasteiger partial charge in [0, 0.05) is 18.6 Å². The third kappa shape index (κ3) is 4.48. The summed E-state index contributed by atoms with van der Waals surface area (Å²) in [6.45, 7) is 5.15. The van der Waals surface area contributed by atoms with Crippen molar-refractivity contribution in [1.29, 1.82) is 0 Å². The summed E-state index contributed by atoms with van der Waals surface area (Å²) in [6, 6.07) is 21.2. The number of hydrogen-bond donors (Lipinski definition) is 0. The van der Waals surface area contributed by atoms with Gasteiger partial charge in [0.05, 0.1) is 13.0 Å². The average molecular weight is 364 g/mol. The summed E-state index contributed by atoms with van der Waals surface area (Å²) in [5.74, 6) is -0.0151. The van der Waals surface area contributed by atoms with Crippen molar-refractivity contribution in [2.24, 2.45) is 11.8 Å². The van der Waals surface area contributed by atoms with Gasteiger partial charge in [-0.15, -0.1) is 0 Å². The van der Waals surface area contributed by atoms with Gasteiger partial charge in [-0.3, -0.25) is 9.69 Å². The van der Waals surface area contributed by atoms with Crippen molar-refractivity contribution in [3.05, 3.63) is 83.9 Å². The van der Waals surface area contributed by atoms with Gasteiger partial charge >= 0.3 is 5.97 Å². The molecule has 0 radical (unpaired) electrons. The van der Waals surface area contributed by atoms with Crippen LogP contribution in [-0.2, 0) is 16.1 Å². The topological polar surface area (TPSA) is 29.5 Å². The fourth-order valence-corrected chi connectivity index (χ4v) is 4.08. The highest BCUT2D eigenvalue weighted by Crippen LogP contribution is 2.35. The molecule has 2 aromatic carbocycles. The van der Waals surface area contributed by atoms with Crippen molar-refractivity contribution in [1.82, 2.24) is 4.90 Å². The lowest BCUT2D eigenvalue weighted by Crippen LogP contribution is -2.47. The van der Waals surface area contributed by atoms with Crippen LogP contribution in [0.3, 0.4) is 0 Å². The van der Waals surface area contributed by atoms with Crippen LogP contribution in [0.4, 0.5) is 0 Å². The smallest absolute Gasteiger partial charge is 0.310 e. The molecule has 1 aliphatic rings. The van der Waals surface area contributed by atoms with E-state index in [2.05, 4.69) is 79.4 Å². The van der Waals surface area contributed by atoms with Crippen molar-refractivity contribution in [3.8, 4) is 0 Å². The van der Waals surface area contributed by atoms with Gasteiger partial charge in [-0.2, -0.15) is 0 Å². The highest BCUT2D eigenvalue weighted by atomic mass is 16.5. The van der Waals surface area contributed by atoms with Crippen molar-refractivity contribution in [2.75, 3.05) is 7.11 Å². The van der Waals surface area contributed by atoms with E-state index in [4.69, 9.17) is 4.74 Å². The lowest BCUT2D eigenvalue weighted by molar-refractivity contribution is -0.150. The molecule has 3 rings (SSSR count). The Bertz CT molecular complexity index is 756. The molecule has 0 unspecified atom stereocenters. The maximum absolute atomic E-state index is 12.6. The van der Waals surface area contributed by atoms with E-state index in [0.717, 1.165) is 13.0 Å². The van der Waals surface area contributed by atoms with Crippen LogP contribution >= 0.6 is 0 Å². The number of esters is 1. The van der Waals surface area contributed by atoms with E-state index in [9.17, 15) is 4.79 Å². The Labute approximate surface area is 162 Å². The number of carbonyl (C=O) groups excluding carboxylic acids is 1. The number of carbonyl (C=O) groups is 1. The Balaban J connectivity index is 1.98. The minimum atomic E-state index is -0.158. The Morgan fingerprint density at radius 3 is 2.37 bits per heavy atom. The van der Waals surface area contributed by atoms with Crippen molar-refractivity contribution >= 4 is 5.97 Å². The fraction of sp³-hybridized carbons (Fsp3) is 0.375. The minimum absolute atomic E-state index is 0.0108. The number of benzene rings is 2. The lowest BCUT2D eigenvalue weighted by atomic mass is 9.79. The normalized spacial score (nSPS) is 23.2. The summed E-state index contributed by atoms with van der Waals surface area (Å²) < 4.78 is 5.18. The van der Waals surface area contributed by atoms with Gasteiger partial charge in [0.1, 0.15) is 0 Å². The number of allylic oxidation sites excluding steroid dienone is 1. The molecule has 0 saturated carbocycles. The molecule has 4 atom stereocenters. The van der Waals surface area contributed by atoms with Crippen LogP contribution in [0.1, 0.15) is 37.4 Å². The van der Waals surface area contributed by atoms with E-state index in [-0.39, 0.29) is 29.9 Å². The molecule has 2 aromatic rings. The molecule has 0 aromatic heterocycles. The summed E-state index contributed by atoms with van der Waals surface area (Å²) in [4.78, 5) is 15.0. The fourth-order valence-electron chi connectivity index (χ4n) is 4.08. The highest BCUT2D eigenvalue weighted by molar-refractivity contribution is 5.74. The molecular formula is C24H29NO2. The third-order valence-corrected chi connectivity index (χ3v) is 5.67. The second-order valence-electron chi connectivity index (χ2n) is 7.43. The molecule has 0 fully saturated rings. The van der Waals surface area contributed by atoms with Gasteiger partial charge in [0.2, 0.25) is 0 Å². The van der Waals surface area contributed by atoms with Crippen molar-refractivity contribution < 1.29 is 9.53 Å². The first-order valence-electron chi connectivity index (χ1n) is 9.71. The second-order valence-corrected chi connectivity index (χ2v) is 7.43. The zero-order valence-corrected chi connectivity index (χ0v) is 16.4. The maximum Gasteiger partial charge on any atom is 0.310 e. The van der Waals surface area contributed by atoms with Gasteiger partial charge in [0.25, 0.3) is 0 Å². The molecule has 3 nitrogen and oxygen atoms in total. The van der Waals surface area contributed by atoms with E-state index in [1.807, 2.05) is 12.1 Å². The summed E-state index contributed by atoms with van der Waals surface area (Å²) in [6.07, 6.45) is 5.32. The number of ether oxygens (including phenoxy) is 1. The number of rotatable bonds is 6. The van der Waals surface area contributed by atoms with E-state index in [1.165, 1.54) is 18.2 Å². The SMILES string of the molecule is COC(=O)[C@H]1[C@H](C)CC=C[C@H]1N(Cc1ccccc1)[C@H](C)c1ccccc1. The molecule has 0 heterocycles. The van der Waals surface area contributed by atoms with Crippen LogP contribution in [0.15, 0.2) is 72.8 Å². The zero-order valence-electron chi connectivity index (χ0n) is 16.4. The van der Waals surface area contributed by atoms with Crippen LogP contribution in [-0.4, -0.2) is 24.0 Å². The van der Waals surface area contributed by atoms with E-state index in [0.29, 0.717) is 0 Å². The first-order valence-corrected chi connectivity index (χ1v) is 9.71. The van der Waals surface area contributed by atoms with Crippen LogP contribution in [0.5, 0.6) is 0 Å². The van der Waals surface area contributed by atoms with Crippen molar-refractivity contribution in [3.63, 3.8) is 0 Å². The molecule has 0 aliphatic heterocycles. The van der Waals surface area contributed by atoms with Gasteiger partial charge in [-0.05, 0) is 30.4 Å². The number of hydrogen-bond acceptors (Lipinski definition) is 3. The predicted molar refractivity (Wildman–Crippen MR) is 109 cm³/mol. The Morgan fingerprint density at radius 1 is 1.11 bits per heavy atom. The summed E-state index contributed by atoms with van der Waals surface area (Å²) in [5, 5.41) is 0. The highest BCUT2D eigenvalue weighted by Gasteiger charge is 2.39. The second kappa shape index (κ2) is 9.01. The lowest BCUT2D eigenvalue weighted by Gasteiger charge is -2.42. The molecule has 0 amide bonds. The Morgan fingerprint density at radius 2 is 1.74 bits per heavy atom. The van der Waals surface area contributed by atoms with Crippen LogP contribution in [0.25, 0.3) is 0 Å². The van der Waals surface area contributed by atoms with Gasteiger partial charge in [-0.25, -0.2) is 0 Å². The first-order chi connectivity index (χ1) is 13.1. The molecule has 0 bridgehead atoms. The first kappa shape index (κ1) is 19.4. The minimum Gasteiger partial charge on any atom is -0.469 e. The summed E-state index contributed by atoms with van der Waals surface area (Å²) in [5.41, 5.74) is 2.50. The molecular weight excluding hydrogens is 334 g/mol. The standard InChI is InChI=1S/C24H29NO2/c1-18-11-10-16-22(23(18)24(26)27-3)25(17-20-12-6-4-7-13-20)19(2)21-14-8-5-9-15-21/h4-10,12-16,18-19,22-23H,11,17H2,1-3H3/t18-,19-,22-,23+/m1/s1. The molecule has 1 aliphatic carbocycles. The Hall–Kier alpha value is -2.39. The zero-order chi connectivity index (χ0) is 19.2. The van der Waals surface area contributed by atoms with Gasteiger partial charge in [-0.1, -0.05) is 79.7 Å². The van der Waals surface area contributed by atoms with E-state index >= 15 is 0 Å². The van der Waals surface area contributed by atoms with Gasteiger partial charge < -0.3 is 4.74 Å². The van der Waals surface area contributed by atoms with Crippen LogP contribution in [0, 0.1) is 11.8 Å². The monoisotopic (exact) mass is 363 g/mol. The third-order valence-electron chi connectivity index (χ3n) is 5.67. The molecule has 142 valence electrons. The summed E-state index contributed by atoms with van der Waals surface area (Å²) >= 11 is 0. The summed E-state index contributed by atoms with van der Waals surface area (Å²) in [7, 11) is 1.49. The Kier molecular flexibility index (Phi) is 6.46. The molecule has 0 saturated heterocycles. The van der Waals surface area contributed by atoms with Crippen LogP contribution < -0.4 is 0 Å². The predicted octanol–water partition coefficient (Wildman–Crippen LogP) is 5.00. The molecule has 0 spiro atoms. The quantitative estimate of drug-likeness (QED) is 0.534. The molecule has 0 N–H and O–H groups in total. The van der Waals surface area contributed by atoms with E-state index in [1.54, 1.807) is 0 Å². The van der Waals surface area contributed by atoms with Crippen molar-refractivity contribution in [2.45, 2.75) is 38.9 Å². The molecule has 27 heavy (non-hydrogen) atoms.